The van der Waals surface area contributed by atoms with Gasteiger partial charge < -0.3 is 16.2 Å². The molecular weight excluding hydrogens is 441 g/mol. The second-order valence-electron chi connectivity index (χ2n) is 7.68. The number of aliphatic hydroxyl groups is 1. The summed E-state index contributed by atoms with van der Waals surface area (Å²) in [7, 11) is -3.26. The number of nitrogens with one attached hydrogen (secondary N) is 1. The van der Waals surface area contributed by atoms with Gasteiger partial charge in [0.1, 0.15) is 16.6 Å². The fourth-order valence-corrected chi connectivity index (χ4v) is 4.70. The van der Waals surface area contributed by atoms with Crippen LogP contribution in [-0.2, 0) is 21.2 Å². The minimum atomic E-state index is -3.26. The van der Waals surface area contributed by atoms with E-state index in [9.17, 15) is 22.7 Å². The Hall–Kier alpha value is -2.82. The summed E-state index contributed by atoms with van der Waals surface area (Å²) in [6.45, 7) is 3.12. The summed E-state index contributed by atoms with van der Waals surface area (Å²) >= 11 is 1.11. The number of amides is 1. The number of hydrogen-bond donors (Lipinski definition) is 3. The largest absolute Gasteiger partial charge is 0.386 e. The molecule has 31 heavy (non-hydrogen) atoms. The van der Waals surface area contributed by atoms with E-state index in [1.807, 2.05) is 0 Å². The number of pyridine rings is 1. The van der Waals surface area contributed by atoms with Crippen molar-refractivity contribution in [3.8, 4) is 10.4 Å². The maximum absolute atomic E-state index is 14.7. The van der Waals surface area contributed by atoms with Gasteiger partial charge in [0.2, 0.25) is 0 Å². The van der Waals surface area contributed by atoms with E-state index in [4.69, 9.17) is 5.73 Å². The molecule has 1 aromatic carbocycles. The maximum Gasteiger partial charge on any atom is 0.251 e. The smallest absolute Gasteiger partial charge is 0.251 e. The molecule has 0 fully saturated rings. The lowest BCUT2D eigenvalue weighted by molar-refractivity contribution is 0.0782. The Labute approximate surface area is 183 Å². The molecule has 0 spiro atoms. The standard InChI is InChI=1S/C21H22FN3O4S2/c1-21(2,27)12-7-8-14(16(22)9-12)17-10-15(19(23)26)20(30-17)25-18-6-4-5-13(24-18)11-31(3,28)29/h4-10,27H,11H2,1-3H3,(H2,23,26)(H,24,25). The van der Waals surface area contributed by atoms with Crippen molar-refractivity contribution in [1.82, 2.24) is 4.98 Å². The topological polar surface area (TPSA) is 122 Å². The Balaban J connectivity index is 1.97. The number of nitrogens with zero attached hydrogens (tertiary/aromatic N) is 1. The van der Waals surface area contributed by atoms with Crippen LogP contribution in [0.15, 0.2) is 42.5 Å². The molecule has 0 aliphatic rings. The van der Waals surface area contributed by atoms with Gasteiger partial charge in [-0.3, -0.25) is 4.79 Å². The van der Waals surface area contributed by atoms with Gasteiger partial charge in [-0.25, -0.2) is 17.8 Å². The second-order valence-corrected chi connectivity index (χ2v) is 10.9. The number of rotatable bonds is 7. The molecule has 164 valence electrons. The summed E-state index contributed by atoms with van der Waals surface area (Å²) in [6.07, 6.45) is 1.11. The van der Waals surface area contributed by atoms with Crippen molar-refractivity contribution in [2.24, 2.45) is 5.73 Å². The molecule has 7 nitrogen and oxygen atoms in total. The van der Waals surface area contributed by atoms with Gasteiger partial charge in [-0.1, -0.05) is 18.2 Å². The van der Waals surface area contributed by atoms with E-state index in [1.165, 1.54) is 18.2 Å². The molecule has 3 aromatic rings. The first-order valence-corrected chi connectivity index (χ1v) is 12.1. The first-order chi connectivity index (χ1) is 14.3. The van der Waals surface area contributed by atoms with Crippen molar-refractivity contribution in [2.75, 3.05) is 11.6 Å². The van der Waals surface area contributed by atoms with E-state index < -0.39 is 27.2 Å². The van der Waals surface area contributed by atoms with Gasteiger partial charge in [0.15, 0.2) is 9.84 Å². The zero-order valence-corrected chi connectivity index (χ0v) is 18.8. The molecular formula is C21H22FN3O4S2. The lowest BCUT2D eigenvalue weighted by Crippen LogP contribution is -2.15. The van der Waals surface area contributed by atoms with Gasteiger partial charge in [-0.05, 0) is 43.7 Å². The van der Waals surface area contributed by atoms with Gasteiger partial charge >= 0.3 is 0 Å². The van der Waals surface area contributed by atoms with Gasteiger partial charge in [-0.15, -0.1) is 11.3 Å². The molecule has 0 bridgehead atoms. The van der Waals surface area contributed by atoms with E-state index >= 15 is 0 Å². The molecule has 3 rings (SSSR count). The quantitative estimate of drug-likeness (QED) is 0.492. The zero-order valence-electron chi connectivity index (χ0n) is 17.1. The normalized spacial score (nSPS) is 12.0. The van der Waals surface area contributed by atoms with Crippen molar-refractivity contribution < 1.29 is 22.7 Å². The molecule has 2 aromatic heterocycles. The van der Waals surface area contributed by atoms with Gasteiger partial charge in [-0.2, -0.15) is 0 Å². The number of nitrogens with two attached hydrogens (primary N) is 1. The average Bonchev–Trinajstić information content (AvgIpc) is 3.03. The number of carbonyl (C=O) groups excluding carboxylic acids is 1. The van der Waals surface area contributed by atoms with E-state index in [0.29, 0.717) is 27.0 Å². The highest BCUT2D eigenvalue weighted by Gasteiger charge is 2.21. The lowest BCUT2D eigenvalue weighted by Gasteiger charge is -2.18. The number of carbonyl (C=O) groups is 1. The van der Waals surface area contributed by atoms with Gasteiger partial charge in [0.25, 0.3) is 5.91 Å². The summed E-state index contributed by atoms with van der Waals surface area (Å²) in [5.74, 6) is -1.14. The third-order valence-electron chi connectivity index (χ3n) is 4.40. The van der Waals surface area contributed by atoms with Gasteiger partial charge in [0.05, 0.1) is 22.6 Å². The minimum Gasteiger partial charge on any atom is -0.386 e. The van der Waals surface area contributed by atoms with Crippen LogP contribution in [-0.4, -0.2) is 30.7 Å². The summed E-state index contributed by atoms with van der Waals surface area (Å²) in [5.41, 5.74) is 5.48. The number of thiophene rings is 1. The molecule has 0 aliphatic heterocycles. The number of benzene rings is 1. The molecule has 0 radical (unpaired) electrons. The molecule has 10 heteroatoms. The highest BCUT2D eigenvalue weighted by atomic mass is 32.2. The van der Waals surface area contributed by atoms with Crippen LogP contribution < -0.4 is 11.1 Å². The second kappa shape index (κ2) is 8.37. The Kier molecular flexibility index (Phi) is 6.17. The lowest BCUT2D eigenvalue weighted by atomic mass is 9.96. The third kappa shape index (κ3) is 5.66. The first-order valence-electron chi connectivity index (χ1n) is 9.20. The molecule has 0 saturated carbocycles. The summed E-state index contributed by atoms with van der Waals surface area (Å²) < 4.78 is 37.8. The average molecular weight is 464 g/mol. The van der Waals surface area contributed by atoms with E-state index in [2.05, 4.69) is 10.3 Å². The number of sulfone groups is 1. The Morgan fingerprint density at radius 3 is 2.55 bits per heavy atom. The fraction of sp³-hybridized carbons (Fsp3) is 0.238. The molecule has 0 aliphatic carbocycles. The van der Waals surface area contributed by atoms with Crippen LogP contribution in [0.5, 0.6) is 0 Å². The predicted octanol–water partition coefficient (Wildman–Crippen LogP) is 3.56. The Bertz CT molecular complexity index is 1250. The third-order valence-corrected chi connectivity index (χ3v) is 6.30. The van der Waals surface area contributed by atoms with Crippen LogP contribution >= 0.6 is 11.3 Å². The van der Waals surface area contributed by atoms with Crippen LogP contribution in [0.1, 0.15) is 35.5 Å². The van der Waals surface area contributed by atoms with E-state index in [-0.39, 0.29) is 16.9 Å². The number of aromatic nitrogens is 1. The van der Waals surface area contributed by atoms with Crippen molar-refractivity contribution in [3.05, 3.63) is 65.1 Å². The minimum absolute atomic E-state index is 0.154. The van der Waals surface area contributed by atoms with E-state index in [0.717, 1.165) is 17.6 Å². The first kappa shape index (κ1) is 22.9. The zero-order chi connectivity index (χ0) is 23.0. The Morgan fingerprint density at radius 1 is 1.26 bits per heavy atom. The van der Waals surface area contributed by atoms with Crippen LogP contribution in [0, 0.1) is 5.82 Å². The summed E-state index contributed by atoms with van der Waals surface area (Å²) in [5, 5.41) is 13.4. The molecule has 0 atom stereocenters. The molecule has 4 N–H and O–H groups in total. The van der Waals surface area contributed by atoms with Crippen molar-refractivity contribution in [2.45, 2.75) is 25.2 Å². The highest BCUT2D eigenvalue weighted by molar-refractivity contribution is 7.89. The maximum atomic E-state index is 14.7. The molecule has 0 saturated heterocycles. The molecule has 0 unspecified atom stereocenters. The van der Waals surface area contributed by atoms with Crippen molar-refractivity contribution >= 4 is 37.9 Å². The number of anilines is 2. The van der Waals surface area contributed by atoms with Gasteiger partial charge in [0, 0.05) is 16.7 Å². The van der Waals surface area contributed by atoms with Crippen LogP contribution in [0.4, 0.5) is 15.2 Å². The van der Waals surface area contributed by atoms with E-state index in [1.54, 1.807) is 38.1 Å². The Morgan fingerprint density at radius 2 is 1.97 bits per heavy atom. The van der Waals surface area contributed by atoms with Crippen molar-refractivity contribution in [1.29, 1.82) is 0 Å². The molecule has 2 heterocycles. The number of hydrogen-bond acceptors (Lipinski definition) is 7. The van der Waals surface area contributed by atoms with Crippen LogP contribution in [0.2, 0.25) is 0 Å². The van der Waals surface area contributed by atoms with Crippen LogP contribution in [0.25, 0.3) is 10.4 Å². The summed E-state index contributed by atoms with van der Waals surface area (Å²) in [6, 6.07) is 10.7. The van der Waals surface area contributed by atoms with Crippen LogP contribution in [0.3, 0.4) is 0 Å². The molecule has 1 amide bonds. The SMILES string of the molecule is CC(C)(O)c1ccc(-c2cc(C(N)=O)c(Nc3cccc(CS(C)(=O)=O)n3)s2)c(F)c1. The number of halogens is 1. The predicted molar refractivity (Wildman–Crippen MR) is 120 cm³/mol. The number of primary amides is 1. The fourth-order valence-electron chi connectivity index (χ4n) is 2.91. The highest BCUT2D eigenvalue weighted by Crippen LogP contribution is 2.38. The van der Waals surface area contributed by atoms with Crippen molar-refractivity contribution in [3.63, 3.8) is 0 Å². The summed E-state index contributed by atoms with van der Waals surface area (Å²) in [4.78, 5) is 16.7. The monoisotopic (exact) mass is 463 g/mol.